The van der Waals surface area contributed by atoms with Crippen molar-refractivity contribution in [3.63, 3.8) is 0 Å². The van der Waals surface area contributed by atoms with Crippen LogP contribution in [-0.2, 0) is 9.53 Å². The van der Waals surface area contributed by atoms with Gasteiger partial charge in [0.1, 0.15) is 11.5 Å². The number of rotatable bonds is 13. The monoisotopic (exact) mass is 479 g/mol. The first-order chi connectivity index (χ1) is 17.0. The van der Waals surface area contributed by atoms with Gasteiger partial charge in [-0.3, -0.25) is 9.59 Å². The van der Waals surface area contributed by atoms with Crippen molar-refractivity contribution in [3.8, 4) is 11.5 Å². The lowest BCUT2D eigenvalue weighted by Gasteiger charge is -2.22. The standard InChI is InChI=1S/C29H37NO5/c1-4-5-6-7-8-19-35-26-17-12-22(13-18-26)28(31)30-24-14-9-23(20-24)27(29(32)34-3)21-10-15-25(33-2)16-11-21/h9-18,23-24,27H,4-8,19-20H2,1-3H3,(H,30,31)/t23-,24-,27-/m1/s1. The number of esters is 1. The third-order valence-electron chi connectivity index (χ3n) is 6.42. The van der Waals surface area contributed by atoms with Crippen LogP contribution in [0.25, 0.3) is 0 Å². The molecule has 6 nitrogen and oxygen atoms in total. The number of carbonyl (C=O) groups excluding carboxylic acids is 2. The van der Waals surface area contributed by atoms with Crippen molar-refractivity contribution in [1.29, 1.82) is 0 Å². The van der Waals surface area contributed by atoms with Crippen LogP contribution >= 0.6 is 0 Å². The molecule has 0 fully saturated rings. The van der Waals surface area contributed by atoms with Crippen LogP contribution in [0, 0.1) is 5.92 Å². The Morgan fingerprint density at radius 3 is 2.26 bits per heavy atom. The summed E-state index contributed by atoms with van der Waals surface area (Å²) in [6, 6.07) is 14.5. The fourth-order valence-electron chi connectivity index (χ4n) is 4.43. The van der Waals surface area contributed by atoms with Gasteiger partial charge in [-0.15, -0.1) is 0 Å². The number of hydrogen-bond donors (Lipinski definition) is 1. The lowest BCUT2D eigenvalue weighted by Crippen LogP contribution is -2.33. The number of carbonyl (C=O) groups is 2. The highest BCUT2D eigenvalue weighted by Gasteiger charge is 2.34. The molecule has 0 unspecified atom stereocenters. The van der Waals surface area contributed by atoms with Crippen LogP contribution in [0.1, 0.15) is 67.3 Å². The molecule has 35 heavy (non-hydrogen) atoms. The molecule has 0 radical (unpaired) electrons. The topological polar surface area (TPSA) is 73.9 Å². The van der Waals surface area contributed by atoms with Crippen LogP contribution in [0.3, 0.4) is 0 Å². The summed E-state index contributed by atoms with van der Waals surface area (Å²) in [5, 5.41) is 3.06. The van der Waals surface area contributed by atoms with Gasteiger partial charge in [-0.25, -0.2) is 0 Å². The van der Waals surface area contributed by atoms with Crippen LogP contribution < -0.4 is 14.8 Å². The molecular formula is C29H37NO5. The summed E-state index contributed by atoms with van der Waals surface area (Å²) in [6.07, 6.45) is 10.5. The van der Waals surface area contributed by atoms with Gasteiger partial charge in [0.2, 0.25) is 0 Å². The SMILES string of the molecule is CCCCCCCOc1ccc(C(=O)N[C@@H]2C=C[C@@H]([C@H](C(=O)OC)c3ccc(OC)cc3)C2)cc1. The molecule has 1 aliphatic carbocycles. The van der Waals surface area contributed by atoms with Gasteiger partial charge in [-0.2, -0.15) is 0 Å². The number of methoxy groups -OCH3 is 2. The Kier molecular flexibility index (Phi) is 10.2. The van der Waals surface area contributed by atoms with Crippen LogP contribution in [-0.4, -0.2) is 38.7 Å². The molecule has 1 amide bonds. The molecule has 1 aliphatic rings. The van der Waals surface area contributed by atoms with Crippen LogP contribution in [0.15, 0.2) is 60.7 Å². The van der Waals surface area contributed by atoms with Gasteiger partial charge < -0.3 is 19.5 Å². The van der Waals surface area contributed by atoms with Crippen LogP contribution in [0.4, 0.5) is 0 Å². The van der Waals surface area contributed by atoms with E-state index in [1.807, 2.05) is 48.6 Å². The molecule has 0 aromatic heterocycles. The smallest absolute Gasteiger partial charge is 0.313 e. The highest BCUT2D eigenvalue weighted by Crippen LogP contribution is 2.35. The minimum absolute atomic E-state index is 0.0748. The van der Waals surface area contributed by atoms with Crippen molar-refractivity contribution in [2.75, 3.05) is 20.8 Å². The van der Waals surface area contributed by atoms with Crippen molar-refractivity contribution in [3.05, 3.63) is 71.8 Å². The number of nitrogens with one attached hydrogen (secondary N) is 1. The summed E-state index contributed by atoms with van der Waals surface area (Å²) in [6.45, 7) is 2.90. The predicted octanol–water partition coefficient (Wildman–Crippen LogP) is 5.68. The molecule has 6 heteroatoms. The van der Waals surface area contributed by atoms with Gasteiger partial charge in [0, 0.05) is 11.6 Å². The van der Waals surface area contributed by atoms with E-state index < -0.39 is 5.92 Å². The number of ether oxygens (including phenoxy) is 3. The highest BCUT2D eigenvalue weighted by atomic mass is 16.5. The van der Waals surface area contributed by atoms with E-state index in [1.54, 1.807) is 19.2 Å². The molecule has 3 atom stereocenters. The van der Waals surface area contributed by atoms with Crippen LogP contribution in [0.5, 0.6) is 11.5 Å². The van der Waals surface area contributed by atoms with E-state index in [0.29, 0.717) is 18.6 Å². The third kappa shape index (κ3) is 7.61. The second-order valence-corrected chi connectivity index (χ2v) is 8.93. The maximum atomic E-state index is 12.8. The van der Waals surface area contributed by atoms with E-state index in [1.165, 1.54) is 32.8 Å². The summed E-state index contributed by atoms with van der Waals surface area (Å²) in [5.74, 6) is 0.547. The van der Waals surface area contributed by atoms with Gasteiger partial charge >= 0.3 is 5.97 Å². The summed E-state index contributed by atoms with van der Waals surface area (Å²) in [5.41, 5.74) is 1.44. The van der Waals surface area contributed by atoms with E-state index in [-0.39, 0.29) is 23.8 Å². The van der Waals surface area contributed by atoms with Crippen molar-refractivity contribution < 1.29 is 23.8 Å². The first kappa shape index (κ1) is 26.3. The fourth-order valence-corrected chi connectivity index (χ4v) is 4.43. The Balaban J connectivity index is 1.52. The first-order valence-corrected chi connectivity index (χ1v) is 12.5. The number of unbranched alkanes of at least 4 members (excludes halogenated alkanes) is 4. The van der Waals surface area contributed by atoms with E-state index in [4.69, 9.17) is 14.2 Å². The molecule has 0 bridgehead atoms. The second kappa shape index (κ2) is 13.6. The maximum absolute atomic E-state index is 12.8. The fraction of sp³-hybridized carbons (Fsp3) is 0.448. The highest BCUT2D eigenvalue weighted by molar-refractivity contribution is 5.94. The molecule has 0 aliphatic heterocycles. The molecule has 0 heterocycles. The average Bonchev–Trinajstić information content (AvgIpc) is 3.34. The summed E-state index contributed by atoms with van der Waals surface area (Å²) >= 11 is 0. The van der Waals surface area contributed by atoms with Crippen molar-refractivity contribution in [1.82, 2.24) is 5.32 Å². The normalized spacial score (nSPS) is 17.6. The lowest BCUT2D eigenvalue weighted by molar-refractivity contribution is -0.143. The average molecular weight is 480 g/mol. The van der Waals surface area contributed by atoms with Crippen LogP contribution in [0.2, 0.25) is 0 Å². The van der Waals surface area contributed by atoms with Gasteiger partial charge in [0.25, 0.3) is 5.91 Å². The molecule has 3 rings (SSSR count). The third-order valence-corrected chi connectivity index (χ3v) is 6.42. The molecule has 2 aromatic rings. The summed E-state index contributed by atoms with van der Waals surface area (Å²) in [7, 11) is 3.01. The molecule has 0 spiro atoms. The van der Waals surface area contributed by atoms with E-state index in [2.05, 4.69) is 12.2 Å². The Labute approximate surface area is 208 Å². The minimum Gasteiger partial charge on any atom is -0.497 e. The Morgan fingerprint density at radius 1 is 0.914 bits per heavy atom. The van der Waals surface area contributed by atoms with Crippen molar-refractivity contribution in [2.24, 2.45) is 5.92 Å². The molecule has 0 saturated carbocycles. The van der Waals surface area contributed by atoms with Crippen molar-refractivity contribution >= 4 is 11.9 Å². The predicted molar refractivity (Wildman–Crippen MR) is 137 cm³/mol. The van der Waals surface area contributed by atoms with E-state index in [0.717, 1.165) is 23.5 Å². The first-order valence-electron chi connectivity index (χ1n) is 12.5. The largest absolute Gasteiger partial charge is 0.497 e. The van der Waals surface area contributed by atoms with Gasteiger partial charge in [0.15, 0.2) is 0 Å². The lowest BCUT2D eigenvalue weighted by atomic mass is 9.85. The zero-order valence-electron chi connectivity index (χ0n) is 21.0. The number of benzene rings is 2. The quantitative estimate of drug-likeness (QED) is 0.227. The molecular weight excluding hydrogens is 442 g/mol. The maximum Gasteiger partial charge on any atom is 0.313 e. The van der Waals surface area contributed by atoms with Gasteiger partial charge in [-0.05, 0) is 60.7 Å². The summed E-state index contributed by atoms with van der Waals surface area (Å²) in [4.78, 5) is 25.4. The van der Waals surface area contributed by atoms with E-state index in [9.17, 15) is 9.59 Å². The zero-order valence-corrected chi connectivity index (χ0v) is 21.0. The number of hydrogen-bond acceptors (Lipinski definition) is 5. The Hall–Kier alpha value is -3.28. The molecule has 188 valence electrons. The van der Waals surface area contributed by atoms with Gasteiger partial charge in [0.05, 0.1) is 26.7 Å². The molecule has 1 N–H and O–H groups in total. The van der Waals surface area contributed by atoms with Gasteiger partial charge in [-0.1, -0.05) is 56.9 Å². The molecule has 2 aromatic carbocycles. The number of allylic oxidation sites excluding steroid dienone is 1. The molecule has 0 saturated heterocycles. The van der Waals surface area contributed by atoms with Crippen molar-refractivity contribution in [2.45, 2.75) is 57.4 Å². The zero-order chi connectivity index (χ0) is 25.0. The van der Waals surface area contributed by atoms with E-state index >= 15 is 0 Å². The number of amides is 1. The Bertz CT molecular complexity index is 968. The second-order valence-electron chi connectivity index (χ2n) is 8.93. The summed E-state index contributed by atoms with van der Waals surface area (Å²) < 4.78 is 16.1. The Morgan fingerprint density at radius 2 is 1.60 bits per heavy atom. The minimum atomic E-state index is -0.442.